The van der Waals surface area contributed by atoms with Gasteiger partial charge in [-0.15, -0.1) is 11.3 Å². The van der Waals surface area contributed by atoms with E-state index in [1.165, 1.54) is 4.88 Å². The van der Waals surface area contributed by atoms with E-state index in [-0.39, 0.29) is 0 Å². The van der Waals surface area contributed by atoms with Gasteiger partial charge in [0.05, 0.1) is 10.3 Å². The molecule has 1 rings (SSSR count). The van der Waals surface area contributed by atoms with E-state index in [9.17, 15) is 0 Å². The number of hydrogen-bond acceptors (Lipinski definition) is 2. The molecule has 0 saturated heterocycles. The molecule has 1 aromatic rings. The van der Waals surface area contributed by atoms with Crippen LogP contribution >= 0.6 is 27.3 Å². The van der Waals surface area contributed by atoms with Gasteiger partial charge in [-0.2, -0.15) is 0 Å². The molecule has 0 atom stereocenters. The Kier molecular flexibility index (Phi) is 6.58. The van der Waals surface area contributed by atoms with Gasteiger partial charge < -0.3 is 10.6 Å². The van der Waals surface area contributed by atoms with E-state index in [0.29, 0.717) is 5.92 Å². The number of halogens is 1. The maximum Gasteiger partial charge on any atom is 0.191 e. The molecule has 1 heterocycles. The Bertz CT molecular complexity index is 360. The molecule has 0 aliphatic heterocycles. The van der Waals surface area contributed by atoms with Crippen molar-refractivity contribution in [3.05, 3.63) is 20.8 Å². The topological polar surface area (TPSA) is 36.4 Å². The van der Waals surface area contributed by atoms with Gasteiger partial charge >= 0.3 is 0 Å². The zero-order valence-corrected chi connectivity index (χ0v) is 13.0. The summed E-state index contributed by atoms with van der Waals surface area (Å²) in [5.74, 6) is 1.51. The lowest BCUT2D eigenvalue weighted by atomic mass is 10.2. The van der Waals surface area contributed by atoms with Crippen LogP contribution in [0.4, 0.5) is 0 Å². The van der Waals surface area contributed by atoms with E-state index in [1.54, 1.807) is 11.3 Å². The number of nitrogens with zero attached hydrogens (tertiary/aromatic N) is 1. The summed E-state index contributed by atoms with van der Waals surface area (Å²) in [6.45, 7) is 9.01. The van der Waals surface area contributed by atoms with Crippen molar-refractivity contribution in [1.82, 2.24) is 10.6 Å². The Morgan fingerprint density at radius 3 is 2.71 bits per heavy atom. The quantitative estimate of drug-likeness (QED) is 0.646. The molecule has 0 unspecified atom stereocenters. The average Bonchev–Trinajstić information content (AvgIpc) is 2.68. The Balaban J connectivity index is 2.50. The molecule has 0 saturated carbocycles. The van der Waals surface area contributed by atoms with Crippen molar-refractivity contribution in [3.63, 3.8) is 0 Å². The minimum absolute atomic E-state index is 0.620. The van der Waals surface area contributed by atoms with Crippen LogP contribution in [0.3, 0.4) is 0 Å². The molecule has 0 spiro atoms. The minimum Gasteiger partial charge on any atom is -0.357 e. The first-order valence-electron chi connectivity index (χ1n) is 5.88. The van der Waals surface area contributed by atoms with Gasteiger partial charge in [-0.3, -0.25) is 0 Å². The number of rotatable bonds is 5. The Labute approximate surface area is 116 Å². The normalized spacial score (nSPS) is 11.9. The highest BCUT2D eigenvalue weighted by atomic mass is 79.9. The number of aliphatic imine (C=N–C) groups is 1. The fourth-order valence-electron chi connectivity index (χ4n) is 1.24. The Hall–Kier alpha value is -0.550. The van der Waals surface area contributed by atoms with Crippen molar-refractivity contribution in [2.24, 2.45) is 10.9 Å². The van der Waals surface area contributed by atoms with E-state index < -0.39 is 0 Å². The van der Waals surface area contributed by atoms with Crippen molar-refractivity contribution >= 4 is 33.2 Å². The van der Waals surface area contributed by atoms with E-state index in [2.05, 4.69) is 64.5 Å². The van der Waals surface area contributed by atoms with Gasteiger partial charge in [-0.25, -0.2) is 4.99 Å². The molecule has 17 heavy (non-hydrogen) atoms. The first-order valence-corrected chi connectivity index (χ1v) is 7.49. The molecule has 1 aromatic heterocycles. The molecule has 2 N–H and O–H groups in total. The van der Waals surface area contributed by atoms with E-state index >= 15 is 0 Å². The molecule has 0 aliphatic rings. The second-order valence-electron chi connectivity index (χ2n) is 4.18. The summed E-state index contributed by atoms with van der Waals surface area (Å²) in [6, 6.07) is 4.16. The lowest BCUT2D eigenvalue weighted by molar-refractivity contribution is 0.615. The van der Waals surface area contributed by atoms with Crippen molar-refractivity contribution in [2.45, 2.75) is 27.3 Å². The monoisotopic (exact) mass is 317 g/mol. The minimum atomic E-state index is 0.620. The van der Waals surface area contributed by atoms with Gasteiger partial charge in [0.15, 0.2) is 5.96 Å². The molecule has 0 radical (unpaired) electrons. The number of hydrogen-bond donors (Lipinski definition) is 2. The van der Waals surface area contributed by atoms with Crippen LogP contribution in [0.15, 0.2) is 20.9 Å². The summed E-state index contributed by atoms with van der Waals surface area (Å²) in [4.78, 5) is 5.82. The van der Waals surface area contributed by atoms with Crippen LogP contribution in [0.2, 0.25) is 0 Å². The zero-order valence-electron chi connectivity index (χ0n) is 10.6. The molecule has 0 aliphatic carbocycles. The fourth-order valence-corrected chi connectivity index (χ4v) is 2.64. The third kappa shape index (κ3) is 6.07. The summed E-state index contributed by atoms with van der Waals surface area (Å²) in [5, 5.41) is 6.58. The van der Waals surface area contributed by atoms with E-state index in [1.807, 2.05) is 0 Å². The predicted molar refractivity (Wildman–Crippen MR) is 79.7 cm³/mol. The first kappa shape index (κ1) is 14.5. The van der Waals surface area contributed by atoms with Crippen LogP contribution in [0.25, 0.3) is 0 Å². The van der Waals surface area contributed by atoms with Crippen molar-refractivity contribution in [1.29, 1.82) is 0 Å². The van der Waals surface area contributed by atoms with Gasteiger partial charge in [0.1, 0.15) is 0 Å². The maximum absolute atomic E-state index is 4.55. The van der Waals surface area contributed by atoms with Crippen LogP contribution in [0, 0.1) is 5.92 Å². The predicted octanol–water partition coefficient (Wildman–Crippen LogP) is 3.22. The molecule has 5 heteroatoms. The molecule has 0 bridgehead atoms. The van der Waals surface area contributed by atoms with Crippen LogP contribution < -0.4 is 10.6 Å². The van der Waals surface area contributed by atoms with Gasteiger partial charge in [0.25, 0.3) is 0 Å². The number of guanidine groups is 1. The molecule has 0 amide bonds. The summed E-state index contributed by atoms with van der Waals surface area (Å²) < 4.78 is 1.16. The highest BCUT2D eigenvalue weighted by molar-refractivity contribution is 9.11. The van der Waals surface area contributed by atoms with Crippen LogP contribution in [0.1, 0.15) is 25.6 Å². The molecular formula is C12H20BrN3S. The van der Waals surface area contributed by atoms with Gasteiger partial charge in [-0.1, -0.05) is 13.8 Å². The average molecular weight is 318 g/mol. The van der Waals surface area contributed by atoms with Crippen LogP contribution in [-0.4, -0.2) is 19.0 Å². The summed E-state index contributed by atoms with van der Waals surface area (Å²) >= 11 is 5.18. The molecule has 96 valence electrons. The smallest absolute Gasteiger partial charge is 0.191 e. The van der Waals surface area contributed by atoms with Gasteiger partial charge in [0, 0.05) is 18.0 Å². The van der Waals surface area contributed by atoms with Crippen molar-refractivity contribution in [3.8, 4) is 0 Å². The summed E-state index contributed by atoms with van der Waals surface area (Å²) in [6.07, 6.45) is 0. The first-order chi connectivity index (χ1) is 8.11. The fraction of sp³-hybridized carbons (Fsp3) is 0.583. The molecule has 3 nitrogen and oxygen atoms in total. The maximum atomic E-state index is 4.55. The number of nitrogens with one attached hydrogen (secondary N) is 2. The second kappa shape index (κ2) is 7.71. The molecule has 0 fully saturated rings. The van der Waals surface area contributed by atoms with Crippen molar-refractivity contribution in [2.75, 3.05) is 13.1 Å². The Morgan fingerprint density at radius 1 is 1.41 bits per heavy atom. The van der Waals surface area contributed by atoms with E-state index in [0.717, 1.165) is 29.4 Å². The summed E-state index contributed by atoms with van der Waals surface area (Å²) in [7, 11) is 0. The lowest BCUT2D eigenvalue weighted by Gasteiger charge is -2.12. The number of thiophene rings is 1. The largest absolute Gasteiger partial charge is 0.357 e. The Morgan fingerprint density at radius 2 is 2.18 bits per heavy atom. The lowest BCUT2D eigenvalue weighted by Crippen LogP contribution is -2.39. The van der Waals surface area contributed by atoms with E-state index in [4.69, 9.17) is 0 Å². The van der Waals surface area contributed by atoms with Gasteiger partial charge in [0.2, 0.25) is 0 Å². The third-order valence-electron chi connectivity index (χ3n) is 2.04. The third-order valence-corrected chi connectivity index (χ3v) is 3.65. The van der Waals surface area contributed by atoms with Crippen LogP contribution in [-0.2, 0) is 6.54 Å². The molecule has 0 aromatic carbocycles. The zero-order chi connectivity index (χ0) is 12.7. The second-order valence-corrected chi connectivity index (χ2v) is 6.72. The highest BCUT2D eigenvalue weighted by Gasteiger charge is 2.00. The van der Waals surface area contributed by atoms with Gasteiger partial charge in [-0.05, 0) is 40.9 Å². The summed E-state index contributed by atoms with van der Waals surface area (Å²) in [5.41, 5.74) is 0. The van der Waals surface area contributed by atoms with Crippen molar-refractivity contribution < 1.29 is 0 Å². The highest BCUT2D eigenvalue weighted by Crippen LogP contribution is 2.22. The molecular weight excluding hydrogens is 298 g/mol. The SMILES string of the molecule is CCNC(=NCc1ccc(Br)s1)NCC(C)C. The van der Waals surface area contributed by atoms with Crippen LogP contribution in [0.5, 0.6) is 0 Å². The standard InChI is InChI=1S/C12H20BrN3S/c1-4-14-12(15-7-9(2)3)16-8-10-5-6-11(13)17-10/h5-6,9H,4,7-8H2,1-3H3,(H2,14,15,16).